The van der Waals surface area contributed by atoms with E-state index < -0.39 is 0 Å². The third kappa shape index (κ3) is 2.10. The van der Waals surface area contributed by atoms with Crippen molar-refractivity contribution in [3.8, 4) is 0 Å². The predicted octanol–water partition coefficient (Wildman–Crippen LogP) is 2.62. The zero-order valence-corrected chi connectivity index (χ0v) is 10.4. The quantitative estimate of drug-likeness (QED) is 0.855. The molecule has 0 aromatic carbocycles. The molecule has 0 saturated carbocycles. The standard InChI is InChI=1S/C12H20N2S/c1-12(2,14-6-3-4-7-14)11(13)10-5-8-15-9-10/h5,8-9,11H,3-4,6-7,13H2,1-2H3. The van der Waals surface area contributed by atoms with Gasteiger partial charge in [-0.2, -0.15) is 11.3 Å². The van der Waals surface area contributed by atoms with Gasteiger partial charge in [-0.25, -0.2) is 0 Å². The molecule has 1 aromatic heterocycles. The van der Waals surface area contributed by atoms with Crippen LogP contribution in [0.1, 0.15) is 38.3 Å². The Bertz CT molecular complexity index is 299. The van der Waals surface area contributed by atoms with Crippen LogP contribution in [0.2, 0.25) is 0 Å². The Labute approximate surface area is 96.1 Å². The van der Waals surface area contributed by atoms with Gasteiger partial charge < -0.3 is 5.73 Å². The van der Waals surface area contributed by atoms with Crippen LogP contribution in [0.15, 0.2) is 16.8 Å². The lowest BCUT2D eigenvalue weighted by Gasteiger charge is -2.40. The minimum absolute atomic E-state index is 0.0809. The van der Waals surface area contributed by atoms with E-state index in [0.717, 1.165) is 0 Å². The van der Waals surface area contributed by atoms with Crippen LogP contribution in [0.3, 0.4) is 0 Å². The van der Waals surface area contributed by atoms with E-state index in [1.807, 2.05) is 0 Å². The summed E-state index contributed by atoms with van der Waals surface area (Å²) >= 11 is 1.73. The van der Waals surface area contributed by atoms with Crippen molar-refractivity contribution in [2.45, 2.75) is 38.3 Å². The lowest BCUT2D eigenvalue weighted by molar-refractivity contribution is 0.124. The third-order valence-corrected chi connectivity index (χ3v) is 4.29. The Balaban J connectivity index is 2.13. The zero-order chi connectivity index (χ0) is 10.9. The van der Waals surface area contributed by atoms with Crippen molar-refractivity contribution < 1.29 is 0 Å². The fourth-order valence-corrected chi connectivity index (χ4v) is 3.05. The van der Waals surface area contributed by atoms with E-state index in [2.05, 4.69) is 35.6 Å². The molecule has 2 heterocycles. The van der Waals surface area contributed by atoms with Gasteiger partial charge in [0, 0.05) is 11.6 Å². The summed E-state index contributed by atoms with van der Waals surface area (Å²) in [5, 5.41) is 4.28. The molecular formula is C12H20N2S. The Morgan fingerprint density at radius 1 is 1.40 bits per heavy atom. The SMILES string of the molecule is CC(C)(C(N)c1ccsc1)N1CCCC1. The maximum atomic E-state index is 6.36. The van der Waals surface area contributed by atoms with Gasteiger partial charge in [0.1, 0.15) is 0 Å². The minimum Gasteiger partial charge on any atom is -0.322 e. The number of rotatable bonds is 3. The second-order valence-electron chi connectivity index (χ2n) is 4.88. The monoisotopic (exact) mass is 224 g/mol. The van der Waals surface area contributed by atoms with Crippen molar-refractivity contribution in [3.05, 3.63) is 22.4 Å². The topological polar surface area (TPSA) is 29.3 Å². The molecule has 3 heteroatoms. The van der Waals surface area contributed by atoms with Crippen molar-refractivity contribution in [1.29, 1.82) is 0 Å². The first-order valence-electron chi connectivity index (χ1n) is 5.65. The fraction of sp³-hybridized carbons (Fsp3) is 0.667. The van der Waals surface area contributed by atoms with Gasteiger partial charge >= 0.3 is 0 Å². The number of nitrogens with two attached hydrogens (primary N) is 1. The van der Waals surface area contributed by atoms with Gasteiger partial charge in [-0.3, -0.25) is 4.90 Å². The Hall–Kier alpha value is -0.380. The Morgan fingerprint density at radius 3 is 2.60 bits per heavy atom. The van der Waals surface area contributed by atoms with E-state index in [0.29, 0.717) is 0 Å². The summed E-state index contributed by atoms with van der Waals surface area (Å²) in [6.07, 6.45) is 2.64. The molecule has 0 radical (unpaired) electrons. The molecule has 2 rings (SSSR count). The van der Waals surface area contributed by atoms with E-state index in [-0.39, 0.29) is 11.6 Å². The summed E-state index contributed by atoms with van der Waals surface area (Å²) in [6.45, 7) is 6.93. The van der Waals surface area contributed by atoms with Crippen LogP contribution in [-0.4, -0.2) is 23.5 Å². The second kappa shape index (κ2) is 4.24. The lowest BCUT2D eigenvalue weighted by Crippen LogP contribution is -2.49. The van der Waals surface area contributed by atoms with Gasteiger partial charge in [-0.1, -0.05) is 0 Å². The molecule has 1 atom stereocenters. The zero-order valence-electron chi connectivity index (χ0n) is 9.57. The van der Waals surface area contributed by atoms with Crippen molar-refractivity contribution >= 4 is 11.3 Å². The van der Waals surface area contributed by atoms with Crippen molar-refractivity contribution in [2.24, 2.45) is 5.73 Å². The average Bonchev–Trinajstić information content (AvgIpc) is 2.89. The van der Waals surface area contributed by atoms with Gasteiger partial charge in [0.05, 0.1) is 0 Å². The average molecular weight is 224 g/mol. The molecule has 1 fully saturated rings. The highest BCUT2D eigenvalue weighted by atomic mass is 32.1. The number of likely N-dealkylation sites (tertiary alicyclic amines) is 1. The molecule has 1 aromatic rings. The predicted molar refractivity (Wildman–Crippen MR) is 66.1 cm³/mol. The van der Waals surface area contributed by atoms with E-state index >= 15 is 0 Å². The minimum atomic E-state index is 0.0809. The van der Waals surface area contributed by atoms with Crippen LogP contribution in [0, 0.1) is 0 Å². The van der Waals surface area contributed by atoms with Crippen molar-refractivity contribution in [1.82, 2.24) is 4.90 Å². The first-order chi connectivity index (χ1) is 7.12. The van der Waals surface area contributed by atoms with Gasteiger partial charge in [0.25, 0.3) is 0 Å². The highest BCUT2D eigenvalue weighted by Gasteiger charge is 2.35. The van der Waals surface area contributed by atoms with E-state index in [1.54, 1.807) is 11.3 Å². The molecule has 0 amide bonds. The molecule has 84 valence electrons. The molecule has 15 heavy (non-hydrogen) atoms. The smallest absolute Gasteiger partial charge is 0.0485 e. The van der Waals surface area contributed by atoms with Crippen molar-refractivity contribution in [2.75, 3.05) is 13.1 Å². The number of thiophene rings is 1. The van der Waals surface area contributed by atoms with Gasteiger partial charge in [0.15, 0.2) is 0 Å². The Kier molecular flexibility index (Phi) is 3.14. The highest BCUT2D eigenvalue weighted by Crippen LogP contribution is 2.32. The molecule has 2 N–H and O–H groups in total. The van der Waals surface area contributed by atoms with Crippen LogP contribution in [0.4, 0.5) is 0 Å². The maximum absolute atomic E-state index is 6.36. The fourth-order valence-electron chi connectivity index (χ4n) is 2.35. The van der Waals surface area contributed by atoms with Gasteiger partial charge in [-0.15, -0.1) is 0 Å². The number of hydrogen-bond acceptors (Lipinski definition) is 3. The number of hydrogen-bond donors (Lipinski definition) is 1. The van der Waals surface area contributed by atoms with Crippen LogP contribution < -0.4 is 5.73 Å². The summed E-state index contributed by atoms with van der Waals surface area (Å²) in [7, 11) is 0. The van der Waals surface area contributed by atoms with E-state index in [9.17, 15) is 0 Å². The van der Waals surface area contributed by atoms with E-state index in [1.165, 1.54) is 31.5 Å². The van der Waals surface area contributed by atoms with Crippen molar-refractivity contribution in [3.63, 3.8) is 0 Å². The van der Waals surface area contributed by atoms with Crippen LogP contribution in [0.5, 0.6) is 0 Å². The van der Waals surface area contributed by atoms with Crippen LogP contribution in [0.25, 0.3) is 0 Å². The third-order valence-electron chi connectivity index (χ3n) is 3.58. The van der Waals surface area contributed by atoms with Crippen LogP contribution >= 0.6 is 11.3 Å². The first-order valence-corrected chi connectivity index (χ1v) is 6.59. The second-order valence-corrected chi connectivity index (χ2v) is 5.66. The molecule has 0 spiro atoms. The molecule has 0 aliphatic carbocycles. The normalized spacial score (nSPS) is 20.7. The molecule has 1 aliphatic rings. The summed E-state index contributed by atoms with van der Waals surface area (Å²) in [5.41, 5.74) is 7.72. The summed E-state index contributed by atoms with van der Waals surface area (Å²) in [6, 6.07) is 2.27. The Morgan fingerprint density at radius 2 is 2.07 bits per heavy atom. The van der Waals surface area contributed by atoms with Gasteiger partial charge in [0.2, 0.25) is 0 Å². The molecular weight excluding hydrogens is 204 g/mol. The summed E-state index contributed by atoms with van der Waals surface area (Å²) < 4.78 is 0. The highest BCUT2D eigenvalue weighted by molar-refractivity contribution is 7.07. The molecule has 1 unspecified atom stereocenters. The summed E-state index contributed by atoms with van der Waals surface area (Å²) in [5.74, 6) is 0. The number of nitrogens with zero attached hydrogens (tertiary/aromatic N) is 1. The summed E-state index contributed by atoms with van der Waals surface area (Å²) in [4.78, 5) is 2.52. The molecule has 2 nitrogen and oxygen atoms in total. The first kappa shape index (κ1) is 11.1. The van der Waals surface area contributed by atoms with Gasteiger partial charge in [-0.05, 0) is 62.2 Å². The lowest BCUT2D eigenvalue weighted by atomic mass is 9.89. The molecule has 1 saturated heterocycles. The molecule has 1 aliphatic heterocycles. The maximum Gasteiger partial charge on any atom is 0.0485 e. The largest absolute Gasteiger partial charge is 0.322 e. The molecule has 0 bridgehead atoms. The van der Waals surface area contributed by atoms with Crippen LogP contribution in [-0.2, 0) is 0 Å². The van der Waals surface area contributed by atoms with E-state index in [4.69, 9.17) is 5.73 Å².